The molecule has 1 N–H and O–H groups in total. The second-order valence-electron chi connectivity index (χ2n) is 9.51. The van der Waals surface area contributed by atoms with E-state index in [1.807, 2.05) is 19.1 Å². The Hall–Kier alpha value is -3.33. The van der Waals surface area contributed by atoms with Crippen LogP contribution in [0.3, 0.4) is 0 Å². The van der Waals surface area contributed by atoms with Gasteiger partial charge in [-0.25, -0.2) is 13.8 Å². The first-order chi connectivity index (χ1) is 17.8. The van der Waals surface area contributed by atoms with Crippen LogP contribution >= 0.6 is 15.9 Å². The molecule has 0 bridgehead atoms. The molecule has 0 spiro atoms. The Kier molecular flexibility index (Phi) is 7.24. The zero-order valence-corrected chi connectivity index (χ0v) is 21.8. The van der Waals surface area contributed by atoms with E-state index in [0.29, 0.717) is 39.9 Å². The lowest BCUT2D eigenvalue weighted by Gasteiger charge is -2.28. The minimum Gasteiger partial charge on any atom is -0.487 e. The van der Waals surface area contributed by atoms with Crippen LogP contribution in [0.15, 0.2) is 53.1 Å². The Morgan fingerprint density at radius 2 is 1.89 bits per heavy atom. The lowest BCUT2D eigenvalue weighted by atomic mass is 9.78. The number of rotatable bonds is 7. The van der Waals surface area contributed by atoms with E-state index in [1.54, 1.807) is 29.0 Å². The normalized spacial score (nSPS) is 17.7. The first-order valence-electron chi connectivity index (χ1n) is 12.2. The molecular formula is C28H26BrF2N3O3. The predicted molar refractivity (Wildman–Crippen MR) is 139 cm³/mol. The summed E-state index contributed by atoms with van der Waals surface area (Å²) in [6.07, 6.45) is 4.66. The van der Waals surface area contributed by atoms with Crippen LogP contribution in [-0.4, -0.2) is 25.6 Å². The van der Waals surface area contributed by atoms with Crippen molar-refractivity contribution < 1.29 is 23.4 Å². The van der Waals surface area contributed by atoms with E-state index in [1.165, 1.54) is 12.1 Å². The van der Waals surface area contributed by atoms with Crippen molar-refractivity contribution in [1.82, 2.24) is 14.5 Å². The summed E-state index contributed by atoms with van der Waals surface area (Å²) in [7, 11) is 0. The van der Waals surface area contributed by atoms with E-state index in [4.69, 9.17) is 9.72 Å². The number of benzene rings is 2. The number of fused-ring (bicyclic) bond motifs is 1. The molecule has 192 valence electrons. The van der Waals surface area contributed by atoms with Gasteiger partial charge in [0.2, 0.25) is 0 Å². The van der Waals surface area contributed by atoms with Crippen molar-refractivity contribution in [3.63, 3.8) is 0 Å². The lowest BCUT2D eigenvalue weighted by molar-refractivity contribution is -0.143. The molecule has 0 amide bonds. The average molecular weight is 570 g/mol. The van der Waals surface area contributed by atoms with Gasteiger partial charge in [-0.3, -0.25) is 9.78 Å². The molecule has 2 aromatic heterocycles. The lowest BCUT2D eigenvalue weighted by Crippen LogP contribution is -2.28. The van der Waals surface area contributed by atoms with Gasteiger partial charge in [-0.2, -0.15) is 0 Å². The van der Waals surface area contributed by atoms with E-state index in [9.17, 15) is 18.7 Å². The first kappa shape index (κ1) is 25.3. The maximum absolute atomic E-state index is 14.9. The fourth-order valence-electron chi connectivity index (χ4n) is 5.02. The Labute approximate surface area is 221 Å². The highest BCUT2D eigenvalue weighted by molar-refractivity contribution is 9.10. The number of hydrogen-bond acceptors (Lipinski definition) is 4. The smallest absolute Gasteiger partial charge is 0.307 e. The summed E-state index contributed by atoms with van der Waals surface area (Å²) in [5, 5.41) is 9.90. The fraction of sp³-hybridized carbons (Fsp3) is 0.321. The number of pyridine rings is 1. The first-order valence-corrected chi connectivity index (χ1v) is 13.0. The molecule has 2 heterocycles. The van der Waals surface area contributed by atoms with Gasteiger partial charge in [0.15, 0.2) is 0 Å². The molecule has 1 aliphatic rings. The zero-order valence-electron chi connectivity index (χ0n) is 20.3. The number of nitrogens with zero attached hydrogens (tertiary/aromatic N) is 3. The highest BCUT2D eigenvalue weighted by Gasteiger charge is 2.35. The largest absolute Gasteiger partial charge is 0.487 e. The van der Waals surface area contributed by atoms with Crippen molar-refractivity contribution in [2.24, 2.45) is 5.92 Å². The number of carboxylic acid groups (broad SMARTS) is 1. The molecule has 2 atom stereocenters. The Balaban J connectivity index is 1.57. The van der Waals surface area contributed by atoms with Crippen molar-refractivity contribution in [3.05, 3.63) is 87.4 Å². The maximum atomic E-state index is 14.9. The van der Waals surface area contributed by atoms with Gasteiger partial charge in [-0.1, -0.05) is 34.8 Å². The number of imidazole rings is 1. The van der Waals surface area contributed by atoms with Gasteiger partial charge in [0.25, 0.3) is 0 Å². The molecule has 0 saturated heterocycles. The second-order valence-corrected chi connectivity index (χ2v) is 10.4. The quantitative estimate of drug-likeness (QED) is 0.266. The van der Waals surface area contributed by atoms with E-state index in [2.05, 4.69) is 20.9 Å². The monoisotopic (exact) mass is 569 g/mol. The molecule has 37 heavy (non-hydrogen) atoms. The van der Waals surface area contributed by atoms with Gasteiger partial charge in [0, 0.05) is 28.2 Å². The van der Waals surface area contributed by atoms with Gasteiger partial charge in [0.1, 0.15) is 29.8 Å². The number of carboxylic acids is 1. The van der Waals surface area contributed by atoms with Crippen LogP contribution in [0, 0.1) is 24.5 Å². The highest BCUT2D eigenvalue weighted by atomic mass is 79.9. The van der Waals surface area contributed by atoms with Gasteiger partial charge >= 0.3 is 5.97 Å². The van der Waals surface area contributed by atoms with Crippen LogP contribution in [0.2, 0.25) is 0 Å². The Bertz CT molecular complexity index is 1430. The third-order valence-corrected chi connectivity index (χ3v) is 7.40. The summed E-state index contributed by atoms with van der Waals surface area (Å²) in [5.74, 6) is -2.13. The van der Waals surface area contributed by atoms with E-state index < -0.39 is 23.5 Å². The van der Waals surface area contributed by atoms with Crippen molar-refractivity contribution >= 4 is 32.9 Å². The minimum absolute atomic E-state index is 0.110. The molecule has 1 aliphatic carbocycles. The third kappa shape index (κ3) is 5.37. The molecule has 0 radical (unpaired) electrons. The number of carbonyl (C=O) groups is 1. The number of aliphatic carboxylic acids is 1. The van der Waals surface area contributed by atoms with Gasteiger partial charge in [-0.05, 0) is 55.7 Å². The molecule has 9 heteroatoms. The molecule has 1 fully saturated rings. The average Bonchev–Trinajstić information content (AvgIpc) is 3.23. The van der Waals surface area contributed by atoms with Crippen molar-refractivity contribution in [1.29, 1.82) is 0 Å². The summed E-state index contributed by atoms with van der Waals surface area (Å²) in [5.41, 5.74) is 2.95. The Morgan fingerprint density at radius 1 is 1.14 bits per heavy atom. The zero-order chi connectivity index (χ0) is 26.1. The number of aromatic nitrogens is 3. The summed E-state index contributed by atoms with van der Waals surface area (Å²) >= 11 is 3.13. The number of hydrogen-bond donors (Lipinski definition) is 1. The molecule has 1 saturated carbocycles. The summed E-state index contributed by atoms with van der Waals surface area (Å²) in [4.78, 5) is 21.2. The number of ether oxygens (including phenoxy) is 1. The standard InChI is InChI=1S/C28H26BrF2N3O3/c1-16-6-7-18(32-13-16)15-37-19-8-9-25-26(12-19)34(14-22-23(30)10-17(29)11-24(22)31)27(33-25)20-4-2-3-5-21(20)28(35)36/h6-13,20-21H,2-5,14-15H2,1H3,(H,35,36)/t20-,21+/m0/s1. The summed E-state index contributed by atoms with van der Waals surface area (Å²) in [6, 6.07) is 11.7. The minimum atomic E-state index is -0.876. The van der Waals surface area contributed by atoms with Crippen molar-refractivity contribution in [3.8, 4) is 5.75 Å². The molecule has 4 aromatic rings. The van der Waals surface area contributed by atoms with Gasteiger partial charge in [0.05, 0.1) is 29.2 Å². The van der Waals surface area contributed by atoms with Gasteiger partial charge in [-0.15, -0.1) is 0 Å². The fourth-order valence-corrected chi connectivity index (χ4v) is 5.42. The van der Waals surface area contributed by atoms with E-state index >= 15 is 0 Å². The van der Waals surface area contributed by atoms with Gasteiger partial charge < -0.3 is 14.4 Å². The molecule has 5 rings (SSSR count). The van der Waals surface area contributed by atoms with Crippen LogP contribution in [0.5, 0.6) is 5.75 Å². The predicted octanol–water partition coefficient (Wildman–Crippen LogP) is 6.77. The van der Waals surface area contributed by atoms with Crippen LogP contribution in [0.4, 0.5) is 8.78 Å². The van der Waals surface area contributed by atoms with Crippen LogP contribution in [-0.2, 0) is 17.9 Å². The summed E-state index contributed by atoms with van der Waals surface area (Å²) in [6.45, 7) is 2.09. The third-order valence-electron chi connectivity index (χ3n) is 6.95. The van der Waals surface area contributed by atoms with E-state index in [-0.39, 0.29) is 24.6 Å². The molecule has 0 unspecified atom stereocenters. The van der Waals surface area contributed by atoms with E-state index in [0.717, 1.165) is 24.1 Å². The van der Waals surface area contributed by atoms with Crippen LogP contribution < -0.4 is 4.74 Å². The van der Waals surface area contributed by atoms with Crippen LogP contribution in [0.1, 0.15) is 54.2 Å². The molecule has 2 aromatic carbocycles. The molecule has 0 aliphatic heterocycles. The van der Waals surface area contributed by atoms with Crippen LogP contribution in [0.25, 0.3) is 11.0 Å². The topological polar surface area (TPSA) is 77.2 Å². The molecule has 6 nitrogen and oxygen atoms in total. The maximum Gasteiger partial charge on any atom is 0.307 e. The molecular weight excluding hydrogens is 544 g/mol. The number of halogens is 3. The van der Waals surface area contributed by atoms with Crippen molar-refractivity contribution in [2.75, 3.05) is 0 Å². The second kappa shape index (κ2) is 10.6. The highest BCUT2D eigenvalue weighted by Crippen LogP contribution is 2.40. The SMILES string of the molecule is Cc1ccc(COc2ccc3nc([C@H]4CCCC[C@H]4C(=O)O)n(Cc4c(F)cc(Br)cc4F)c3c2)nc1. The Morgan fingerprint density at radius 3 is 2.59 bits per heavy atom. The summed E-state index contributed by atoms with van der Waals surface area (Å²) < 4.78 is 37.8. The van der Waals surface area contributed by atoms with Crippen molar-refractivity contribution in [2.45, 2.75) is 51.7 Å². The number of aryl methyl sites for hydroxylation is 1.